The van der Waals surface area contributed by atoms with Crippen molar-refractivity contribution in [3.8, 4) is 0 Å². The molecule has 1 aromatic rings. The third-order valence-corrected chi connectivity index (χ3v) is 5.00. The van der Waals surface area contributed by atoms with Gasteiger partial charge < -0.3 is 14.8 Å². The number of nitrogens with one attached hydrogen (secondary N) is 1. The van der Waals surface area contributed by atoms with Gasteiger partial charge in [-0.25, -0.2) is 0 Å². The van der Waals surface area contributed by atoms with Gasteiger partial charge in [-0.05, 0) is 31.7 Å². The number of nitrogens with zero attached hydrogens (tertiary/aromatic N) is 2. The summed E-state index contributed by atoms with van der Waals surface area (Å²) in [6.07, 6.45) is 1.78. The van der Waals surface area contributed by atoms with E-state index in [9.17, 15) is 4.79 Å². The highest BCUT2D eigenvalue weighted by molar-refractivity contribution is 6.31. The Morgan fingerprint density at radius 3 is 2.79 bits per heavy atom. The van der Waals surface area contributed by atoms with Gasteiger partial charge in [0.05, 0.1) is 5.02 Å². The molecule has 0 radical (unpaired) electrons. The Balaban J connectivity index is 1.91. The maximum atomic E-state index is 12.8. The Labute approximate surface area is 118 Å². The molecule has 1 N–H and O–H groups in total. The van der Waals surface area contributed by atoms with E-state index in [1.807, 2.05) is 16.5 Å². The van der Waals surface area contributed by atoms with Crippen LogP contribution in [0, 0.1) is 11.8 Å². The van der Waals surface area contributed by atoms with E-state index in [2.05, 4.69) is 19.2 Å². The van der Waals surface area contributed by atoms with Crippen LogP contribution >= 0.6 is 11.6 Å². The van der Waals surface area contributed by atoms with Crippen LogP contribution in [0.15, 0.2) is 12.3 Å². The number of likely N-dealkylation sites (tertiary alicyclic amines) is 1. The van der Waals surface area contributed by atoms with Crippen LogP contribution in [0.1, 0.15) is 24.3 Å². The van der Waals surface area contributed by atoms with E-state index in [0.717, 1.165) is 19.6 Å². The Hall–Kier alpha value is -1.00. The van der Waals surface area contributed by atoms with Gasteiger partial charge in [0, 0.05) is 38.4 Å². The van der Waals surface area contributed by atoms with Gasteiger partial charge in [0.1, 0.15) is 5.69 Å². The van der Waals surface area contributed by atoms with Gasteiger partial charge in [0.15, 0.2) is 0 Å². The Morgan fingerprint density at radius 2 is 2.21 bits per heavy atom. The SMILES string of the molecule is Cn1cc(Cl)cc1C(=O)N1CC2CNCC2C1(C)C. The minimum absolute atomic E-state index is 0.0915. The summed E-state index contributed by atoms with van der Waals surface area (Å²) in [4.78, 5) is 14.8. The van der Waals surface area contributed by atoms with Crippen molar-refractivity contribution in [2.45, 2.75) is 19.4 Å². The van der Waals surface area contributed by atoms with Crippen LogP contribution in [0.5, 0.6) is 0 Å². The number of aromatic nitrogens is 1. The van der Waals surface area contributed by atoms with Gasteiger partial charge in [0.25, 0.3) is 5.91 Å². The van der Waals surface area contributed by atoms with Crippen molar-refractivity contribution in [3.63, 3.8) is 0 Å². The van der Waals surface area contributed by atoms with E-state index in [0.29, 0.717) is 22.6 Å². The van der Waals surface area contributed by atoms with E-state index < -0.39 is 0 Å². The highest BCUT2D eigenvalue weighted by atomic mass is 35.5. The van der Waals surface area contributed by atoms with Gasteiger partial charge in [-0.15, -0.1) is 0 Å². The molecule has 2 aliphatic heterocycles. The molecule has 2 aliphatic rings. The lowest BCUT2D eigenvalue weighted by Gasteiger charge is -2.35. The molecule has 1 amide bonds. The lowest BCUT2D eigenvalue weighted by Crippen LogP contribution is -2.48. The van der Waals surface area contributed by atoms with Crippen molar-refractivity contribution < 1.29 is 4.79 Å². The Kier molecular flexibility index (Phi) is 2.91. The molecule has 4 nitrogen and oxygen atoms in total. The fraction of sp³-hybridized carbons (Fsp3) is 0.643. The number of carbonyl (C=O) groups is 1. The lowest BCUT2D eigenvalue weighted by molar-refractivity contribution is 0.0593. The largest absolute Gasteiger partial charge is 0.345 e. The number of aryl methyl sites for hydroxylation is 1. The summed E-state index contributed by atoms with van der Waals surface area (Å²) in [7, 11) is 1.87. The second-order valence-electron chi connectivity index (χ2n) is 6.25. The second kappa shape index (κ2) is 4.25. The Morgan fingerprint density at radius 1 is 1.47 bits per heavy atom. The molecule has 2 fully saturated rings. The lowest BCUT2D eigenvalue weighted by atomic mass is 9.85. The summed E-state index contributed by atoms with van der Waals surface area (Å²) in [5.74, 6) is 1.22. The van der Waals surface area contributed by atoms with Crippen molar-refractivity contribution in [2.24, 2.45) is 18.9 Å². The fourth-order valence-corrected chi connectivity index (χ4v) is 3.89. The van der Waals surface area contributed by atoms with E-state index in [1.54, 1.807) is 12.3 Å². The molecule has 0 aromatic carbocycles. The zero-order chi connectivity index (χ0) is 13.8. The van der Waals surface area contributed by atoms with Crippen molar-refractivity contribution in [1.29, 1.82) is 0 Å². The summed E-state index contributed by atoms with van der Waals surface area (Å²) in [6, 6.07) is 1.76. The summed E-state index contributed by atoms with van der Waals surface area (Å²) in [6.45, 7) is 7.22. The Bertz CT molecular complexity index is 523. The van der Waals surface area contributed by atoms with Crippen LogP contribution in [-0.2, 0) is 7.05 Å². The van der Waals surface area contributed by atoms with Crippen molar-refractivity contribution >= 4 is 17.5 Å². The van der Waals surface area contributed by atoms with Gasteiger partial charge >= 0.3 is 0 Å². The van der Waals surface area contributed by atoms with Crippen LogP contribution in [-0.4, -0.2) is 40.5 Å². The maximum Gasteiger partial charge on any atom is 0.270 e. The normalized spacial score (nSPS) is 28.7. The molecule has 2 saturated heterocycles. The molecule has 2 unspecified atom stereocenters. The first-order chi connectivity index (χ1) is 8.91. The zero-order valence-corrected chi connectivity index (χ0v) is 12.4. The van der Waals surface area contributed by atoms with Gasteiger partial charge in [-0.3, -0.25) is 4.79 Å². The number of carbonyl (C=O) groups excluding carboxylic acids is 1. The molecular weight excluding hydrogens is 262 g/mol. The molecule has 0 spiro atoms. The molecule has 19 heavy (non-hydrogen) atoms. The molecular formula is C14H20ClN3O. The van der Waals surface area contributed by atoms with Crippen LogP contribution in [0.3, 0.4) is 0 Å². The molecule has 3 rings (SSSR count). The number of rotatable bonds is 1. The average Bonchev–Trinajstić information content (AvgIpc) is 2.96. The molecule has 0 bridgehead atoms. The van der Waals surface area contributed by atoms with Crippen molar-refractivity contribution in [3.05, 3.63) is 23.0 Å². The monoisotopic (exact) mass is 281 g/mol. The highest BCUT2D eigenvalue weighted by Crippen LogP contribution is 2.41. The van der Waals surface area contributed by atoms with E-state index in [-0.39, 0.29) is 11.4 Å². The van der Waals surface area contributed by atoms with Crippen LogP contribution < -0.4 is 5.32 Å². The smallest absolute Gasteiger partial charge is 0.270 e. The first-order valence-corrected chi connectivity index (χ1v) is 7.13. The van der Waals surface area contributed by atoms with Crippen molar-refractivity contribution in [2.75, 3.05) is 19.6 Å². The van der Waals surface area contributed by atoms with E-state index in [1.165, 1.54) is 0 Å². The molecule has 1 aromatic heterocycles. The minimum atomic E-state index is -0.0952. The topological polar surface area (TPSA) is 37.3 Å². The predicted octanol–water partition coefficient (Wildman–Crippen LogP) is 1.75. The number of halogens is 1. The molecule has 3 heterocycles. The third-order valence-electron chi connectivity index (χ3n) is 4.80. The number of hydrogen-bond acceptors (Lipinski definition) is 2. The van der Waals surface area contributed by atoms with Gasteiger partial charge in [0.2, 0.25) is 0 Å². The molecule has 5 heteroatoms. The molecule has 0 aliphatic carbocycles. The average molecular weight is 282 g/mol. The highest BCUT2D eigenvalue weighted by Gasteiger charge is 2.51. The third kappa shape index (κ3) is 1.89. The summed E-state index contributed by atoms with van der Waals surface area (Å²) in [5.41, 5.74) is 0.577. The summed E-state index contributed by atoms with van der Waals surface area (Å²) < 4.78 is 1.81. The van der Waals surface area contributed by atoms with Gasteiger partial charge in [-0.2, -0.15) is 0 Å². The van der Waals surface area contributed by atoms with Crippen LogP contribution in [0.4, 0.5) is 0 Å². The summed E-state index contributed by atoms with van der Waals surface area (Å²) in [5, 5.41) is 4.05. The second-order valence-corrected chi connectivity index (χ2v) is 6.69. The molecule has 2 atom stereocenters. The zero-order valence-electron chi connectivity index (χ0n) is 11.6. The standard InChI is InChI=1S/C14H20ClN3O/c1-14(2)11-6-16-5-9(11)7-18(14)13(19)12-4-10(15)8-17(12)3/h4,8-9,11,16H,5-7H2,1-3H3. The van der Waals surface area contributed by atoms with Crippen LogP contribution in [0.25, 0.3) is 0 Å². The van der Waals surface area contributed by atoms with Crippen molar-refractivity contribution in [1.82, 2.24) is 14.8 Å². The predicted molar refractivity (Wildman–Crippen MR) is 75.4 cm³/mol. The number of fused-ring (bicyclic) bond motifs is 1. The van der Waals surface area contributed by atoms with Gasteiger partial charge in [-0.1, -0.05) is 11.6 Å². The maximum absolute atomic E-state index is 12.8. The number of amides is 1. The summed E-state index contributed by atoms with van der Waals surface area (Å²) >= 11 is 5.98. The fourth-order valence-electron chi connectivity index (χ4n) is 3.64. The van der Waals surface area contributed by atoms with E-state index >= 15 is 0 Å². The van der Waals surface area contributed by atoms with E-state index in [4.69, 9.17) is 11.6 Å². The molecule has 0 saturated carbocycles. The van der Waals surface area contributed by atoms with Crippen LogP contribution in [0.2, 0.25) is 5.02 Å². The number of hydrogen-bond donors (Lipinski definition) is 1. The molecule has 104 valence electrons. The minimum Gasteiger partial charge on any atom is -0.345 e. The first-order valence-electron chi connectivity index (χ1n) is 6.76. The first kappa shape index (κ1) is 13.0. The quantitative estimate of drug-likeness (QED) is 0.852.